The van der Waals surface area contributed by atoms with Crippen LogP contribution in [0.25, 0.3) is 21.9 Å². The largest absolute Gasteiger partial charge is 0.373 e. The summed E-state index contributed by atoms with van der Waals surface area (Å²) in [6.45, 7) is 2.58. The van der Waals surface area contributed by atoms with Crippen LogP contribution in [0.2, 0.25) is 0 Å². The average molecular weight is 440 g/mol. The Hall–Kier alpha value is -3.97. The molecule has 2 N–H and O–H groups in total. The van der Waals surface area contributed by atoms with Gasteiger partial charge in [0, 0.05) is 31.6 Å². The van der Waals surface area contributed by atoms with Crippen molar-refractivity contribution < 1.29 is 9.90 Å². The lowest BCUT2D eigenvalue weighted by atomic mass is 9.85. The number of hydrogen-bond donors (Lipinski definition) is 2. The van der Waals surface area contributed by atoms with E-state index < -0.39 is 5.60 Å². The van der Waals surface area contributed by atoms with Crippen LogP contribution in [0, 0.1) is 0 Å². The highest BCUT2D eigenvalue weighted by Crippen LogP contribution is 2.39. The van der Waals surface area contributed by atoms with Gasteiger partial charge in [-0.1, -0.05) is 42.5 Å². The van der Waals surface area contributed by atoms with Gasteiger partial charge >= 0.3 is 0 Å². The minimum absolute atomic E-state index is 0.165. The molecule has 33 heavy (non-hydrogen) atoms. The van der Waals surface area contributed by atoms with Crippen molar-refractivity contribution in [2.45, 2.75) is 19.1 Å². The molecule has 7 heteroatoms. The van der Waals surface area contributed by atoms with E-state index in [1.54, 1.807) is 17.8 Å². The van der Waals surface area contributed by atoms with Gasteiger partial charge in [-0.3, -0.25) is 9.48 Å². The van der Waals surface area contributed by atoms with E-state index >= 15 is 0 Å². The van der Waals surface area contributed by atoms with Gasteiger partial charge in [0.15, 0.2) is 11.4 Å². The van der Waals surface area contributed by atoms with E-state index in [9.17, 15) is 9.90 Å². The number of aliphatic hydroxyl groups is 1. The molecule has 0 fully saturated rings. The topological polar surface area (TPSA) is 85.0 Å². The van der Waals surface area contributed by atoms with Gasteiger partial charge in [-0.05, 0) is 42.3 Å². The third kappa shape index (κ3) is 3.20. The number of carbonyl (C=O) groups excluding carboxylic acids is 1. The monoisotopic (exact) mass is 439 g/mol. The SMILES string of the molecule is CCn1c(C(O)(c2ccccc2)c2ccc3cnn(C)c3c2)nc2ccc(C(=O)NC)cc21. The van der Waals surface area contributed by atoms with Crippen molar-refractivity contribution in [2.75, 3.05) is 7.05 Å². The quantitative estimate of drug-likeness (QED) is 0.438. The molecule has 1 unspecified atom stereocenters. The maximum absolute atomic E-state index is 12.5. The summed E-state index contributed by atoms with van der Waals surface area (Å²) in [6, 6.07) is 20.8. The van der Waals surface area contributed by atoms with Gasteiger partial charge in [-0.25, -0.2) is 4.98 Å². The predicted octanol–water partition coefficient (Wildman–Crippen LogP) is 3.59. The number of imidazole rings is 1. The van der Waals surface area contributed by atoms with Crippen molar-refractivity contribution in [1.82, 2.24) is 24.6 Å². The van der Waals surface area contributed by atoms with Gasteiger partial charge in [-0.15, -0.1) is 0 Å². The van der Waals surface area contributed by atoms with Gasteiger partial charge in [0.1, 0.15) is 0 Å². The number of amides is 1. The zero-order valence-corrected chi connectivity index (χ0v) is 18.8. The van der Waals surface area contributed by atoms with Crippen molar-refractivity contribution in [1.29, 1.82) is 0 Å². The Morgan fingerprint density at radius 2 is 1.82 bits per heavy atom. The smallest absolute Gasteiger partial charge is 0.251 e. The fourth-order valence-corrected chi connectivity index (χ4v) is 4.48. The van der Waals surface area contributed by atoms with Crippen molar-refractivity contribution in [3.05, 3.63) is 95.4 Å². The molecule has 1 amide bonds. The highest BCUT2D eigenvalue weighted by Gasteiger charge is 2.39. The second-order valence-electron chi connectivity index (χ2n) is 8.08. The molecule has 2 heterocycles. The van der Waals surface area contributed by atoms with Crippen LogP contribution in [-0.2, 0) is 19.2 Å². The Kier molecular flexibility index (Phi) is 4.98. The zero-order valence-electron chi connectivity index (χ0n) is 18.8. The summed E-state index contributed by atoms with van der Waals surface area (Å²) in [5, 5.41) is 20.5. The van der Waals surface area contributed by atoms with Gasteiger partial charge in [0.25, 0.3) is 5.91 Å². The summed E-state index contributed by atoms with van der Waals surface area (Å²) in [4.78, 5) is 17.1. The molecule has 0 spiro atoms. The van der Waals surface area contributed by atoms with Gasteiger partial charge in [0.2, 0.25) is 0 Å². The number of nitrogens with zero attached hydrogens (tertiary/aromatic N) is 4. The fraction of sp³-hybridized carbons (Fsp3) is 0.192. The van der Waals surface area contributed by atoms with Crippen LogP contribution in [0.3, 0.4) is 0 Å². The van der Waals surface area contributed by atoms with Gasteiger partial charge < -0.3 is 15.0 Å². The maximum atomic E-state index is 12.5. The lowest BCUT2D eigenvalue weighted by Gasteiger charge is -2.29. The van der Waals surface area contributed by atoms with Crippen LogP contribution < -0.4 is 5.32 Å². The van der Waals surface area contributed by atoms with Crippen LogP contribution in [0.1, 0.15) is 34.2 Å². The first-order valence-electron chi connectivity index (χ1n) is 10.9. The standard InChI is InChI=1S/C26H25N5O2/c1-4-31-23-14-17(24(32)27-2)11-13-21(23)29-25(31)26(33,19-8-6-5-7-9-19)20-12-10-18-16-28-30(3)22(18)15-20/h5-16,33H,4H2,1-3H3,(H,27,32). The third-order valence-electron chi connectivity index (χ3n) is 6.24. The molecule has 5 aromatic rings. The summed E-state index contributed by atoms with van der Waals surface area (Å²) in [7, 11) is 3.49. The fourth-order valence-electron chi connectivity index (χ4n) is 4.48. The highest BCUT2D eigenvalue weighted by molar-refractivity contribution is 5.97. The number of fused-ring (bicyclic) bond motifs is 2. The molecule has 2 aromatic heterocycles. The van der Waals surface area contributed by atoms with E-state index in [-0.39, 0.29) is 5.91 Å². The first kappa shape index (κ1) is 20.9. The molecule has 0 aliphatic carbocycles. The molecule has 0 aliphatic rings. The van der Waals surface area contributed by atoms with Crippen LogP contribution >= 0.6 is 0 Å². The second-order valence-corrected chi connectivity index (χ2v) is 8.08. The number of hydrogen-bond acceptors (Lipinski definition) is 4. The number of aromatic nitrogens is 4. The summed E-state index contributed by atoms with van der Waals surface area (Å²) in [5.41, 5.74) is 2.88. The van der Waals surface area contributed by atoms with Crippen molar-refractivity contribution in [3.8, 4) is 0 Å². The number of aryl methyl sites for hydroxylation is 2. The minimum Gasteiger partial charge on any atom is -0.373 e. The van der Waals surface area contributed by atoms with Crippen molar-refractivity contribution in [2.24, 2.45) is 7.05 Å². The van der Waals surface area contributed by atoms with E-state index in [1.165, 1.54) is 0 Å². The zero-order chi connectivity index (χ0) is 23.2. The summed E-state index contributed by atoms with van der Waals surface area (Å²) in [5.74, 6) is 0.337. The number of benzene rings is 3. The Labute approximate surface area is 191 Å². The molecule has 166 valence electrons. The number of rotatable bonds is 5. The highest BCUT2D eigenvalue weighted by atomic mass is 16.3. The van der Waals surface area contributed by atoms with E-state index in [0.717, 1.165) is 21.9 Å². The summed E-state index contributed by atoms with van der Waals surface area (Å²) in [6.07, 6.45) is 1.81. The predicted molar refractivity (Wildman–Crippen MR) is 128 cm³/mol. The Bertz CT molecular complexity index is 1490. The molecular weight excluding hydrogens is 414 g/mol. The van der Waals surface area contributed by atoms with Gasteiger partial charge in [0.05, 0.1) is 22.7 Å². The molecule has 1 atom stereocenters. The van der Waals surface area contributed by atoms with Crippen LogP contribution in [-0.4, -0.2) is 37.4 Å². The number of nitrogens with one attached hydrogen (secondary N) is 1. The van der Waals surface area contributed by atoms with E-state index in [1.807, 2.05) is 85.4 Å². The Balaban J connectivity index is 1.82. The Morgan fingerprint density at radius 1 is 1.03 bits per heavy atom. The Morgan fingerprint density at radius 3 is 2.55 bits per heavy atom. The normalized spacial score (nSPS) is 13.3. The van der Waals surface area contributed by atoms with Crippen molar-refractivity contribution in [3.63, 3.8) is 0 Å². The molecule has 0 bridgehead atoms. The molecular formula is C26H25N5O2. The van der Waals surface area contributed by atoms with Crippen LogP contribution in [0.4, 0.5) is 0 Å². The first-order valence-corrected chi connectivity index (χ1v) is 10.9. The molecule has 0 aliphatic heterocycles. The van der Waals surface area contributed by atoms with Crippen LogP contribution in [0.5, 0.6) is 0 Å². The number of carbonyl (C=O) groups is 1. The summed E-state index contributed by atoms with van der Waals surface area (Å²) >= 11 is 0. The second kappa shape index (κ2) is 7.86. The lowest BCUT2D eigenvalue weighted by molar-refractivity contribution is 0.0963. The minimum atomic E-state index is -1.51. The molecule has 7 nitrogen and oxygen atoms in total. The average Bonchev–Trinajstić information content (AvgIpc) is 3.43. The lowest BCUT2D eigenvalue weighted by Crippen LogP contribution is -2.32. The molecule has 0 saturated carbocycles. The van der Waals surface area contributed by atoms with E-state index in [0.29, 0.717) is 29.1 Å². The van der Waals surface area contributed by atoms with Crippen LogP contribution in [0.15, 0.2) is 72.9 Å². The molecule has 5 rings (SSSR count). The van der Waals surface area contributed by atoms with E-state index in [2.05, 4.69) is 10.4 Å². The maximum Gasteiger partial charge on any atom is 0.251 e. The van der Waals surface area contributed by atoms with E-state index in [4.69, 9.17) is 4.98 Å². The molecule has 3 aromatic carbocycles. The molecule has 0 saturated heterocycles. The molecule has 0 radical (unpaired) electrons. The third-order valence-corrected chi connectivity index (χ3v) is 6.24. The first-order chi connectivity index (χ1) is 16.0. The summed E-state index contributed by atoms with van der Waals surface area (Å²) < 4.78 is 3.77. The van der Waals surface area contributed by atoms with Crippen molar-refractivity contribution >= 4 is 27.8 Å². The van der Waals surface area contributed by atoms with Gasteiger partial charge in [-0.2, -0.15) is 5.10 Å².